The van der Waals surface area contributed by atoms with Crippen molar-refractivity contribution >= 4 is 43.8 Å². The molecular formula is C15H18N4O4S2. The van der Waals surface area contributed by atoms with E-state index in [4.69, 9.17) is 0 Å². The number of fused-ring (bicyclic) bond motifs is 1. The second kappa shape index (κ2) is 6.17. The van der Waals surface area contributed by atoms with Crippen molar-refractivity contribution in [2.24, 2.45) is 5.10 Å². The van der Waals surface area contributed by atoms with Crippen LogP contribution in [0.2, 0.25) is 0 Å². The van der Waals surface area contributed by atoms with E-state index >= 15 is 0 Å². The number of hydrogen-bond donors (Lipinski definition) is 1. The second-order valence-corrected chi connectivity index (χ2v) is 9.85. The van der Waals surface area contributed by atoms with Gasteiger partial charge in [0.25, 0.3) is 5.91 Å². The van der Waals surface area contributed by atoms with Crippen LogP contribution in [-0.2, 0) is 32.3 Å². The highest BCUT2D eigenvalue weighted by Gasteiger charge is 2.37. The first-order valence-electron chi connectivity index (χ1n) is 8.31. The minimum atomic E-state index is -3.13. The van der Waals surface area contributed by atoms with E-state index in [0.717, 1.165) is 25.0 Å². The van der Waals surface area contributed by atoms with Crippen LogP contribution >= 0.6 is 11.3 Å². The summed E-state index contributed by atoms with van der Waals surface area (Å²) < 4.78 is 23.3. The van der Waals surface area contributed by atoms with Crippen LogP contribution in [0.15, 0.2) is 5.10 Å². The lowest BCUT2D eigenvalue weighted by Crippen LogP contribution is -2.42. The number of carbonyl (C=O) groups excluding carboxylic acids is 2. The standard InChI is InChI=1S/C15H18N4O4S2/c20-13-5-4-11(18-19(13)9-6-7-25(22,23)8-9)14(21)17-15-16-10-2-1-3-12(10)24-15/h9H,1-8H2,(H,16,17,21). The molecule has 134 valence electrons. The number of anilines is 1. The van der Waals surface area contributed by atoms with Crippen molar-refractivity contribution in [1.29, 1.82) is 0 Å². The maximum absolute atomic E-state index is 12.5. The third kappa shape index (κ3) is 3.32. The van der Waals surface area contributed by atoms with Crippen molar-refractivity contribution in [1.82, 2.24) is 9.99 Å². The van der Waals surface area contributed by atoms with Gasteiger partial charge in [0.15, 0.2) is 15.0 Å². The Balaban J connectivity index is 1.49. The molecule has 3 aliphatic rings. The van der Waals surface area contributed by atoms with E-state index < -0.39 is 15.9 Å². The molecule has 1 aliphatic carbocycles. The SMILES string of the molecule is O=C(Nc1nc2c(s1)CCC2)C1=NN(C2CCS(=O)(=O)C2)C(=O)CC1. The molecular weight excluding hydrogens is 364 g/mol. The molecule has 2 aliphatic heterocycles. The van der Waals surface area contributed by atoms with Gasteiger partial charge < -0.3 is 0 Å². The van der Waals surface area contributed by atoms with Crippen LogP contribution in [0.5, 0.6) is 0 Å². The van der Waals surface area contributed by atoms with Gasteiger partial charge in [-0.25, -0.2) is 18.4 Å². The monoisotopic (exact) mass is 382 g/mol. The van der Waals surface area contributed by atoms with Gasteiger partial charge in [0.1, 0.15) is 5.71 Å². The van der Waals surface area contributed by atoms with Crippen LogP contribution in [0.3, 0.4) is 0 Å². The van der Waals surface area contributed by atoms with E-state index in [2.05, 4.69) is 15.4 Å². The van der Waals surface area contributed by atoms with E-state index in [-0.39, 0.29) is 41.9 Å². The number of nitrogens with one attached hydrogen (secondary N) is 1. The van der Waals surface area contributed by atoms with Crippen LogP contribution in [0, 0.1) is 0 Å². The average molecular weight is 382 g/mol. The van der Waals surface area contributed by atoms with Crippen LogP contribution in [0.4, 0.5) is 5.13 Å². The minimum Gasteiger partial charge on any atom is -0.297 e. The van der Waals surface area contributed by atoms with Gasteiger partial charge in [-0.05, 0) is 25.7 Å². The Hall–Kier alpha value is -1.81. The first-order chi connectivity index (χ1) is 11.9. The lowest BCUT2D eigenvalue weighted by Gasteiger charge is -2.27. The number of nitrogens with zero attached hydrogens (tertiary/aromatic N) is 3. The maximum Gasteiger partial charge on any atom is 0.273 e. The zero-order valence-corrected chi connectivity index (χ0v) is 15.2. The molecule has 1 aromatic rings. The van der Waals surface area contributed by atoms with E-state index in [1.165, 1.54) is 21.2 Å². The number of aromatic nitrogens is 1. The second-order valence-electron chi connectivity index (χ2n) is 6.54. The summed E-state index contributed by atoms with van der Waals surface area (Å²) >= 11 is 1.48. The third-order valence-corrected chi connectivity index (χ3v) is 7.52. The number of carbonyl (C=O) groups is 2. The predicted molar refractivity (Wildman–Crippen MR) is 93.3 cm³/mol. The molecule has 4 rings (SSSR count). The Labute approximate surface area is 149 Å². The molecule has 1 saturated heterocycles. The Morgan fingerprint density at radius 1 is 1.24 bits per heavy atom. The molecule has 1 atom stereocenters. The largest absolute Gasteiger partial charge is 0.297 e. The third-order valence-electron chi connectivity index (χ3n) is 4.69. The van der Waals surface area contributed by atoms with Crippen LogP contribution in [0.25, 0.3) is 0 Å². The number of hydrogen-bond acceptors (Lipinski definition) is 7. The Bertz CT molecular complexity index is 853. The van der Waals surface area contributed by atoms with Gasteiger partial charge >= 0.3 is 0 Å². The molecule has 2 amide bonds. The van der Waals surface area contributed by atoms with E-state index in [9.17, 15) is 18.0 Å². The quantitative estimate of drug-likeness (QED) is 0.829. The summed E-state index contributed by atoms with van der Waals surface area (Å²) in [5.41, 5.74) is 1.30. The number of thiazole rings is 1. The van der Waals surface area contributed by atoms with Gasteiger partial charge in [0, 0.05) is 17.7 Å². The smallest absolute Gasteiger partial charge is 0.273 e. The van der Waals surface area contributed by atoms with Crippen LogP contribution in [0.1, 0.15) is 36.3 Å². The van der Waals surface area contributed by atoms with Gasteiger partial charge in [0.2, 0.25) is 5.91 Å². The fourth-order valence-electron chi connectivity index (χ4n) is 3.40. The molecule has 1 fully saturated rings. The zero-order chi connectivity index (χ0) is 17.6. The average Bonchev–Trinajstić information content (AvgIpc) is 3.22. The fourth-order valence-corrected chi connectivity index (χ4v) is 6.14. The summed E-state index contributed by atoms with van der Waals surface area (Å²) in [5, 5.41) is 8.69. The normalized spacial score (nSPS) is 25.0. The molecule has 1 N–H and O–H groups in total. The molecule has 8 nitrogen and oxygen atoms in total. The molecule has 0 spiro atoms. The number of aryl methyl sites for hydroxylation is 2. The van der Waals surface area contributed by atoms with Gasteiger partial charge in [0.05, 0.1) is 23.2 Å². The molecule has 0 bridgehead atoms. The lowest BCUT2D eigenvalue weighted by molar-refractivity contribution is -0.133. The number of hydrazone groups is 1. The van der Waals surface area contributed by atoms with Crippen molar-refractivity contribution < 1.29 is 18.0 Å². The number of sulfone groups is 1. The summed E-state index contributed by atoms with van der Waals surface area (Å²) in [6.07, 6.45) is 3.84. The number of rotatable bonds is 3. The molecule has 0 radical (unpaired) electrons. The van der Waals surface area contributed by atoms with Gasteiger partial charge in [-0.15, -0.1) is 11.3 Å². The number of amides is 2. The van der Waals surface area contributed by atoms with Crippen molar-refractivity contribution in [3.05, 3.63) is 10.6 Å². The topological polar surface area (TPSA) is 109 Å². The predicted octanol–water partition coefficient (Wildman–Crippen LogP) is 0.736. The molecule has 0 saturated carbocycles. The van der Waals surface area contributed by atoms with E-state index in [0.29, 0.717) is 11.6 Å². The van der Waals surface area contributed by atoms with Gasteiger partial charge in [-0.2, -0.15) is 5.10 Å². The van der Waals surface area contributed by atoms with Gasteiger partial charge in [-0.1, -0.05) is 0 Å². The zero-order valence-electron chi connectivity index (χ0n) is 13.5. The van der Waals surface area contributed by atoms with E-state index in [1.807, 2.05) is 0 Å². The van der Waals surface area contributed by atoms with E-state index in [1.54, 1.807) is 0 Å². The highest BCUT2D eigenvalue weighted by Crippen LogP contribution is 2.30. The molecule has 0 aromatic carbocycles. The van der Waals surface area contributed by atoms with Crippen LogP contribution in [-0.4, -0.2) is 53.5 Å². The maximum atomic E-state index is 12.5. The lowest BCUT2D eigenvalue weighted by atomic mass is 10.1. The Kier molecular flexibility index (Phi) is 4.11. The fraction of sp³-hybridized carbons (Fsp3) is 0.600. The minimum absolute atomic E-state index is 0.0587. The van der Waals surface area contributed by atoms with Crippen molar-refractivity contribution in [3.63, 3.8) is 0 Å². The molecule has 25 heavy (non-hydrogen) atoms. The molecule has 10 heteroatoms. The first-order valence-corrected chi connectivity index (χ1v) is 10.9. The molecule has 1 aromatic heterocycles. The molecule has 3 heterocycles. The first kappa shape index (κ1) is 16.6. The van der Waals surface area contributed by atoms with Crippen molar-refractivity contribution in [2.75, 3.05) is 16.8 Å². The highest BCUT2D eigenvalue weighted by molar-refractivity contribution is 7.91. The molecule has 1 unspecified atom stereocenters. The van der Waals surface area contributed by atoms with Crippen molar-refractivity contribution in [2.45, 2.75) is 44.6 Å². The summed E-state index contributed by atoms with van der Waals surface area (Å²) in [4.78, 5) is 30.2. The van der Waals surface area contributed by atoms with Gasteiger partial charge in [-0.3, -0.25) is 14.9 Å². The van der Waals surface area contributed by atoms with Crippen LogP contribution < -0.4 is 5.32 Å². The summed E-state index contributed by atoms with van der Waals surface area (Å²) in [6.45, 7) is 0. The summed E-state index contributed by atoms with van der Waals surface area (Å²) in [7, 11) is -3.13. The Morgan fingerprint density at radius 3 is 2.80 bits per heavy atom. The Morgan fingerprint density at radius 2 is 2.08 bits per heavy atom. The summed E-state index contributed by atoms with van der Waals surface area (Å²) in [5.74, 6) is -0.628. The summed E-state index contributed by atoms with van der Waals surface area (Å²) in [6, 6.07) is -0.468. The highest BCUT2D eigenvalue weighted by atomic mass is 32.2. The van der Waals surface area contributed by atoms with Crippen molar-refractivity contribution in [3.8, 4) is 0 Å².